The molecule has 0 aliphatic carbocycles. The molecule has 0 atom stereocenters. The van der Waals surface area contributed by atoms with Crippen molar-refractivity contribution in [2.75, 3.05) is 17.2 Å². The summed E-state index contributed by atoms with van der Waals surface area (Å²) < 4.78 is 45.6. The van der Waals surface area contributed by atoms with Gasteiger partial charge in [-0.3, -0.25) is 9.59 Å². The third-order valence-electron chi connectivity index (χ3n) is 4.83. The molecule has 3 aromatic carbocycles. The molecule has 0 heterocycles. The quantitative estimate of drug-likeness (QED) is 0.214. The van der Waals surface area contributed by atoms with Gasteiger partial charge in [0.25, 0.3) is 11.8 Å². The zero-order valence-corrected chi connectivity index (χ0v) is 22.3. The van der Waals surface area contributed by atoms with Crippen molar-refractivity contribution in [3.05, 3.63) is 91.9 Å². The second-order valence-electron chi connectivity index (χ2n) is 7.71. The molecule has 0 radical (unpaired) electrons. The lowest BCUT2D eigenvalue weighted by Gasteiger charge is -2.13. The number of nitrogens with zero attached hydrogens (tertiary/aromatic N) is 1. The standard InChI is InChI=1S/C26H18Br2F3N3O3/c1-15-5-7-20(8-6-15)33-23(35)14-37-24-16(10-19(27)12-22(24)28)9-17(13-32)25(36)34-21-4-2-3-18(11-21)26(29,30)31/h2-12H,14H2,1H3,(H,33,35)(H,34,36)/b17-9+. The molecule has 0 fully saturated rings. The molecule has 3 rings (SSSR count). The molecule has 0 aliphatic rings. The van der Waals surface area contributed by atoms with Crippen molar-refractivity contribution >= 4 is 61.1 Å². The van der Waals surface area contributed by atoms with Gasteiger partial charge in [0.2, 0.25) is 0 Å². The van der Waals surface area contributed by atoms with Gasteiger partial charge in [-0.25, -0.2) is 0 Å². The highest BCUT2D eigenvalue weighted by Gasteiger charge is 2.30. The Hall–Kier alpha value is -3.62. The molecular weight excluding hydrogens is 619 g/mol. The predicted molar refractivity (Wildman–Crippen MR) is 141 cm³/mol. The number of carbonyl (C=O) groups excluding carboxylic acids is 2. The van der Waals surface area contributed by atoms with Gasteiger partial charge in [-0.15, -0.1) is 0 Å². The Kier molecular flexibility index (Phi) is 9.13. The number of nitrogens with one attached hydrogen (secondary N) is 2. The summed E-state index contributed by atoms with van der Waals surface area (Å²) in [5.74, 6) is -1.17. The van der Waals surface area contributed by atoms with E-state index in [1.807, 2.05) is 19.1 Å². The van der Waals surface area contributed by atoms with E-state index in [0.29, 0.717) is 14.6 Å². The zero-order chi connectivity index (χ0) is 27.2. The molecule has 0 aromatic heterocycles. The molecular formula is C26H18Br2F3N3O3. The van der Waals surface area contributed by atoms with E-state index in [1.54, 1.807) is 30.3 Å². The summed E-state index contributed by atoms with van der Waals surface area (Å²) in [7, 11) is 0. The lowest BCUT2D eigenvalue weighted by molar-refractivity contribution is -0.137. The van der Waals surface area contributed by atoms with Gasteiger partial charge in [0, 0.05) is 21.4 Å². The van der Waals surface area contributed by atoms with Gasteiger partial charge in [-0.1, -0.05) is 39.7 Å². The first-order chi connectivity index (χ1) is 17.5. The van der Waals surface area contributed by atoms with E-state index in [2.05, 4.69) is 42.5 Å². The molecule has 11 heteroatoms. The van der Waals surface area contributed by atoms with E-state index in [1.165, 1.54) is 12.1 Å². The van der Waals surface area contributed by atoms with E-state index >= 15 is 0 Å². The Labute approximate surface area is 227 Å². The summed E-state index contributed by atoms with van der Waals surface area (Å²) in [4.78, 5) is 25.0. The van der Waals surface area contributed by atoms with Crippen LogP contribution in [0, 0.1) is 18.3 Å². The number of benzene rings is 3. The van der Waals surface area contributed by atoms with Crippen molar-refractivity contribution in [2.45, 2.75) is 13.1 Å². The minimum Gasteiger partial charge on any atom is -0.482 e. The topological polar surface area (TPSA) is 91.2 Å². The number of alkyl halides is 3. The van der Waals surface area contributed by atoms with Gasteiger partial charge in [0.05, 0.1) is 10.0 Å². The number of anilines is 2. The third-order valence-corrected chi connectivity index (χ3v) is 5.88. The minimum absolute atomic E-state index is 0.124. The molecule has 2 amide bonds. The van der Waals surface area contributed by atoms with Gasteiger partial charge in [-0.05, 0) is 71.4 Å². The van der Waals surface area contributed by atoms with E-state index in [4.69, 9.17) is 4.74 Å². The summed E-state index contributed by atoms with van der Waals surface area (Å²) in [6.07, 6.45) is -3.37. The summed E-state index contributed by atoms with van der Waals surface area (Å²) in [6, 6.07) is 16.2. The fourth-order valence-electron chi connectivity index (χ4n) is 3.09. The molecule has 0 bridgehead atoms. The average Bonchev–Trinajstić information content (AvgIpc) is 2.82. The van der Waals surface area contributed by atoms with Gasteiger partial charge >= 0.3 is 6.18 Å². The van der Waals surface area contributed by atoms with Gasteiger partial charge in [0.1, 0.15) is 17.4 Å². The zero-order valence-electron chi connectivity index (χ0n) is 19.1. The van der Waals surface area contributed by atoms with E-state index in [-0.39, 0.29) is 23.6 Å². The largest absolute Gasteiger partial charge is 0.482 e. The predicted octanol–water partition coefficient (Wildman–Crippen LogP) is 7.10. The first-order valence-electron chi connectivity index (χ1n) is 10.5. The van der Waals surface area contributed by atoms with Crippen LogP contribution in [-0.2, 0) is 15.8 Å². The second kappa shape index (κ2) is 12.1. The summed E-state index contributed by atoms with van der Waals surface area (Å²) >= 11 is 6.67. The monoisotopic (exact) mass is 635 g/mol. The van der Waals surface area contributed by atoms with Crippen LogP contribution in [0.4, 0.5) is 24.5 Å². The molecule has 0 spiro atoms. The maximum Gasteiger partial charge on any atom is 0.416 e. The highest BCUT2D eigenvalue weighted by Crippen LogP contribution is 2.35. The van der Waals surface area contributed by atoms with E-state index in [0.717, 1.165) is 23.8 Å². The van der Waals surface area contributed by atoms with Crippen LogP contribution in [-0.4, -0.2) is 18.4 Å². The van der Waals surface area contributed by atoms with Crippen molar-refractivity contribution in [3.63, 3.8) is 0 Å². The SMILES string of the molecule is Cc1ccc(NC(=O)COc2c(Br)cc(Br)cc2/C=C(\C#N)C(=O)Nc2cccc(C(F)(F)F)c2)cc1. The van der Waals surface area contributed by atoms with E-state index < -0.39 is 29.1 Å². The number of rotatable bonds is 7. The second-order valence-corrected chi connectivity index (χ2v) is 9.48. The Bertz CT molecular complexity index is 1400. The van der Waals surface area contributed by atoms with Crippen LogP contribution < -0.4 is 15.4 Å². The summed E-state index contributed by atoms with van der Waals surface area (Å²) in [5.41, 5.74) is 0.447. The van der Waals surface area contributed by atoms with Crippen molar-refractivity contribution in [2.24, 2.45) is 0 Å². The van der Waals surface area contributed by atoms with Gasteiger partial charge < -0.3 is 15.4 Å². The molecule has 190 valence electrons. The molecule has 37 heavy (non-hydrogen) atoms. The van der Waals surface area contributed by atoms with Crippen LogP contribution in [0.2, 0.25) is 0 Å². The molecule has 6 nitrogen and oxygen atoms in total. The Morgan fingerprint density at radius 2 is 1.73 bits per heavy atom. The Morgan fingerprint density at radius 1 is 1.03 bits per heavy atom. The molecule has 0 saturated heterocycles. The molecule has 0 aliphatic heterocycles. The van der Waals surface area contributed by atoms with Crippen LogP contribution in [0.5, 0.6) is 5.75 Å². The number of halogens is 5. The van der Waals surface area contributed by atoms with Crippen LogP contribution in [0.25, 0.3) is 6.08 Å². The summed E-state index contributed by atoms with van der Waals surface area (Å²) in [5, 5.41) is 14.6. The van der Waals surface area contributed by atoms with Crippen LogP contribution in [0.1, 0.15) is 16.7 Å². The van der Waals surface area contributed by atoms with Crippen molar-refractivity contribution in [3.8, 4) is 11.8 Å². The fraction of sp³-hybridized carbons (Fsp3) is 0.115. The number of hydrogen-bond acceptors (Lipinski definition) is 4. The number of ether oxygens (including phenoxy) is 1. The summed E-state index contributed by atoms with van der Waals surface area (Å²) in [6.45, 7) is 1.55. The first-order valence-corrected chi connectivity index (χ1v) is 12.1. The van der Waals surface area contributed by atoms with E-state index in [9.17, 15) is 28.0 Å². The van der Waals surface area contributed by atoms with Crippen LogP contribution in [0.3, 0.4) is 0 Å². The van der Waals surface area contributed by atoms with Gasteiger partial charge in [0.15, 0.2) is 6.61 Å². The van der Waals surface area contributed by atoms with Crippen molar-refractivity contribution in [1.29, 1.82) is 5.26 Å². The van der Waals surface area contributed by atoms with Crippen molar-refractivity contribution < 1.29 is 27.5 Å². The maximum atomic E-state index is 13.0. The number of amides is 2. The lowest BCUT2D eigenvalue weighted by atomic mass is 10.1. The van der Waals surface area contributed by atoms with Gasteiger partial charge in [-0.2, -0.15) is 18.4 Å². The Balaban J connectivity index is 1.81. The number of carbonyl (C=O) groups is 2. The molecule has 0 saturated carbocycles. The lowest BCUT2D eigenvalue weighted by Crippen LogP contribution is -2.20. The molecule has 2 N–H and O–H groups in total. The molecule has 3 aromatic rings. The number of hydrogen-bond donors (Lipinski definition) is 2. The molecule has 0 unspecified atom stereocenters. The first kappa shape index (κ1) is 28.0. The fourth-order valence-corrected chi connectivity index (χ4v) is 4.46. The van der Waals surface area contributed by atoms with Crippen LogP contribution in [0.15, 0.2) is 75.2 Å². The highest BCUT2D eigenvalue weighted by atomic mass is 79.9. The number of aryl methyl sites for hydroxylation is 1. The minimum atomic E-state index is -4.59. The normalized spacial score (nSPS) is 11.4. The third kappa shape index (κ3) is 7.93. The van der Waals surface area contributed by atoms with Crippen LogP contribution >= 0.6 is 31.9 Å². The average molecular weight is 637 g/mol. The highest BCUT2D eigenvalue weighted by molar-refractivity contribution is 9.11. The Morgan fingerprint density at radius 3 is 2.38 bits per heavy atom. The maximum absolute atomic E-state index is 13.0. The number of nitriles is 1. The van der Waals surface area contributed by atoms with Crippen molar-refractivity contribution in [1.82, 2.24) is 0 Å². The smallest absolute Gasteiger partial charge is 0.416 e.